The van der Waals surface area contributed by atoms with Gasteiger partial charge in [0.05, 0.1) is 11.6 Å². The minimum Gasteiger partial charge on any atom is -0.364 e. The number of halogens is 1. The van der Waals surface area contributed by atoms with Crippen molar-refractivity contribution in [3.8, 4) is 0 Å². The number of rotatable bonds is 5. The Labute approximate surface area is 170 Å². The number of anilines is 2. The summed E-state index contributed by atoms with van der Waals surface area (Å²) in [5, 5.41) is 16.9. The molecule has 0 spiro atoms. The molecule has 0 aliphatic carbocycles. The van der Waals surface area contributed by atoms with E-state index >= 15 is 0 Å². The molecule has 4 aromatic rings. The molecule has 0 saturated heterocycles. The lowest BCUT2D eigenvalue weighted by Crippen LogP contribution is -2.13. The van der Waals surface area contributed by atoms with Crippen LogP contribution >= 0.6 is 22.9 Å². The van der Waals surface area contributed by atoms with Crippen LogP contribution in [0.5, 0.6) is 0 Å². The topological polar surface area (TPSA) is 79.8 Å². The second-order valence-corrected chi connectivity index (χ2v) is 7.42. The van der Waals surface area contributed by atoms with Crippen molar-refractivity contribution in [3.63, 3.8) is 0 Å². The van der Waals surface area contributed by atoms with E-state index in [9.17, 15) is 4.79 Å². The summed E-state index contributed by atoms with van der Waals surface area (Å²) in [5.74, 6) is 0.409. The number of carbonyl (C=O) groups is 1. The molecule has 2 N–H and O–H groups in total. The van der Waals surface area contributed by atoms with Crippen molar-refractivity contribution in [2.75, 3.05) is 10.6 Å². The number of fused-ring (bicyclic) bond motifs is 1. The second kappa shape index (κ2) is 7.92. The van der Waals surface area contributed by atoms with E-state index in [-0.39, 0.29) is 11.9 Å². The van der Waals surface area contributed by atoms with Crippen molar-refractivity contribution in [1.82, 2.24) is 15.2 Å². The van der Waals surface area contributed by atoms with Crippen LogP contribution in [0.4, 0.5) is 10.9 Å². The fourth-order valence-corrected chi connectivity index (χ4v) is 3.64. The molecule has 1 amide bonds. The highest BCUT2D eigenvalue weighted by Crippen LogP contribution is 2.31. The van der Waals surface area contributed by atoms with Crippen molar-refractivity contribution < 1.29 is 4.79 Å². The number of amides is 1. The van der Waals surface area contributed by atoms with Crippen LogP contribution in [-0.4, -0.2) is 21.1 Å². The molecule has 28 heavy (non-hydrogen) atoms. The third-order valence-corrected chi connectivity index (χ3v) is 5.28. The molecule has 0 radical (unpaired) electrons. The normalized spacial score (nSPS) is 11.9. The molecule has 8 heteroatoms. The first kappa shape index (κ1) is 18.3. The van der Waals surface area contributed by atoms with E-state index < -0.39 is 0 Å². The number of hydrogen-bond acceptors (Lipinski definition) is 6. The number of benzene rings is 2. The van der Waals surface area contributed by atoms with Crippen LogP contribution in [0.25, 0.3) is 10.8 Å². The lowest BCUT2D eigenvalue weighted by Gasteiger charge is -2.18. The predicted octanol–water partition coefficient (Wildman–Crippen LogP) is 5.17. The number of carbonyl (C=O) groups excluding carboxylic acids is 1. The second-order valence-electron chi connectivity index (χ2n) is 6.18. The molecular formula is C20H16ClN5OS. The van der Waals surface area contributed by atoms with E-state index in [0.29, 0.717) is 16.5 Å². The van der Waals surface area contributed by atoms with E-state index in [1.807, 2.05) is 30.3 Å². The Hall–Kier alpha value is -3.03. The summed E-state index contributed by atoms with van der Waals surface area (Å²) in [6, 6.07) is 15.5. The largest absolute Gasteiger partial charge is 0.364 e. The summed E-state index contributed by atoms with van der Waals surface area (Å²) in [6.45, 7) is 2.06. The highest BCUT2D eigenvalue weighted by atomic mass is 35.5. The van der Waals surface area contributed by atoms with E-state index in [2.05, 4.69) is 38.8 Å². The summed E-state index contributed by atoms with van der Waals surface area (Å²) in [5.41, 5.74) is 3.13. The maximum absolute atomic E-state index is 12.2. The van der Waals surface area contributed by atoms with Gasteiger partial charge in [0, 0.05) is 16.6 Å². The van der Waals surface area contributed by atoms with Gasteiger partial charge in [0.1, 0.15) is 11.3 Å². The van der Waals surface area contributed by atoms with Gasteiger partial charge in [0.2, 0.25) is 5.13 Å². The van der Waals surface area contributed by atoms with E-state index in [1.165, 1.54) is 17.5 Å². The number of nitrogens with zero attached hydrogens (tertiary/aromatic N) is 3. The number of aromatic nitrogens is 3. The standard InChI is InChI=1S/C20H16ClN5OS/c1-12(14-7-8-17(21)16-5-3-2-4-15(14)16)24-18-9-6-13(10-22-18)19(27)25-20-26-23-11-28-20/h2-12H,1H3,(H,22,24)(H,25,26,27). The van der Waals surface area contributed by atoms with Crippen LogP contribution < -0.4 is 10.6 Å². The van der Waals surface area contributed by atoms with Crippen LogP contribution in [0.2, 0.25) is 5.02 Å². The van der Waals surface area contributed by atoms with Crippen LogP contribution in [0, 0.1) is 0 Å². The van der Waals surface area contributed by atoms with Crippen molar-refractivity contribution in [2.45, 2.75) is 13.0 Å². The fourth-order valence-electron chi connectivity index (χ4n) is 2.97. The summed E-state index contributed by atoms with van der Waals surface area (Å²) in [4.78, 5) is 16.6. The van der Waals surface area contributed by atoms with Crippen LogP contribution in [0.3, 0.4) is 0 Å². The SMILES string of the molecule is CC(Nc1ccc(C(=O)Nc2nncs2)cn1)c1ccc(Cl)c2ccccc12. The molecule has 2 heterocycles. The lowest BCUT2D eigenvalue weighted by atomic mass is 9.99. The van der Waals surface area contributed by atoms with Crippen molar-refractivity contribution in [3.05, 3.63) is 76.4 Å². The summed E-state index contributed by atoms with van der Waals surface area (Å²) in [6.07, 6.45) is 1.53. The molecule has 140 valence electrons. The van der Waals surface area contributed by atoms with Gasteiger partial charge >= 0.3 is 0 Å². The van der Waals surface area contributed by atoms with Crippen LogP contribution in [-0.2, 0) is 0 Å². The molecule has 0 aliphatic rings. The zero-order chi connectivity index (χ0) is 19.5. The number of nitrogens with one attached hydrogen (secondary N) is 2. The maximum Gasteiger partial charge on any atom is 0.259 e. The molecule has 1 unspecified atom stereocenters. The van der Waals surface area contributed by atoms with Crippen molar-refractivity contribution in [1.29, 1.82) is 0 Å². The minimum absolute atomic E-state index is 0.00994. The highest BCUT2D eigenvalue weighted by Gasteiger charge is 2.13. The Bertz CT molecular complexity index is 1120. The Morgan fingerprint density at radius 1 is 1.11 bits per heavy atom. The molecule has 4 rings (SSSR count). The Morgan fingerprint density at radius 2 is 1.93 bits per heavy atom. The van der Waals surface area contributed by atoms with E-state index in [4.69, 9.17) is 11.6 Å². The predicted molar refractivity (Wildman–Crippen MR) is 113 cm³/mol. The van der Waals surface area contributed by atoms with Gasteiger partial charge in [-0.1, -0.05) is 53.3 Å². The quantitative estimate of drug-likeness (QED) is 0.475. The number of hydrogen-bond donors (Lipinski definition) is 2. The summed E-state index contributed by atoms with van der Waals surface area (Å²) >= 11 is 7.57. The zero-order valence-corrected chi connectivity index (χ0v) is 16.5. The van der Waals surface area contributed by atoms with E-state index in [0.717, 1.165) is 21.4 Å². The monoisotopic (exact) mass is 409 g/mol. The first-order valence-electron chi connectivity index (χ1n) is 8.59. The Kier molecular flexibility index (Phi) is 5.18. The number of pyridine rings is 1. The van der Waals surface area contributed by atoms with Crippen LogP contribution in [0.1, 0.15) is 28.9 Å². The molecule has 6 nitrogen and oxygen atoms in total. The molecule has 0 aliphatic heterocycles. The molecule has 0 fully saturated rings. The first-order valence-corrected chi connectivity index (χ1v) is 9.85. The van der Waals surface area contributed by atoms with E-state index in [1.54, 1.807) is 17.6 Å². The molecule has 0 saturated carbocycles. The summed E-state index contributed by atoms with van der Waals surface area (Å²) in [7, 11) is 0. The Balaban J connectivity index is 1.50. The van der Waals surface area contributed by atoms with Gasteiger partial charge in [0.15, 0.2) is 0 Å². The molecule has 0 bridgehead atoms. The maximum atomic E-state index is 12.2. The van der Waals surface area contributed by atoms with Gasteiger partial charge < -0.3 is 5.32 Å². The summed E-state index contributed by atoms with van der Waals surface area (Å²) < 4.78 is 0. The van der Waals surface area contributed by atoms with Gasteiger partial charge in [0.25, 0.3) is 5.91 Å². The third kappa shape index (κ3) is 3.81. The average molecular weight is 410 g/mol. The van der Waals surface area contributed by atoms with Gasteiger partial charge in [-0.2, -0.15) is 0 Å². The Morgan fingerprint density at radius 3 is 2.64 bits per heavy atom. The van der Waals surface area contributed by atoms with Crippen molar-refractivity contribution >= 4 is 50.6 Å². The smallest absolute Gasteiger partial charge is 0.259 e. The van der Waals surface area contributed by atoms with Gasteiger partial charge in [-0.3, -0.25) is 10.1 Å². The molecule has 1 atom stereocenters. The first-order chi connectivity index (χ1) is 13.6. The lowest BCUT2D eigenvalue weighted by molar-refractivity contribution is 0.102. The van der Waals surface area contributed by atoms with Crippen molar-refractivity contribution in [2.24, 2.45) is 0 Å². The van der Waals surface area contributed by atoms with Crippen LogP contribution in [0.15, 0.2) is 60.2 Å². The molecule has 2 aromatic carbocycles. The average Bonchev–Trinajstić information content (AvgIpc) is 3.22. The van der Waals surface area contributed by atoms with Gasteiger partial charge in [-0.05, 0) is 36.1 Å². The highest BCUT2D eigenvalue weighted by molar-refractivity contribution is 7.13. The van der Waals surface area contributed by atoms with Gasteiger partial charge in [-0.25, -0.2) is 4.98 Å². The molecule has 2 aromatic heterocycles. The van der Waals surface area contributed by atoms with Gasteiger partial charge in [-0.15, -0.1) is 10.2 Å². The fraction of sp³-hybridized carbons (Fsp3) is 0.100. The third-order valence-electron chi connectivity index (χ3n) is 4.34. The zero-order valence-electron chi connectivity index (χ0n) is 14.9. The minimum atomic E-state index is -0.271. The molecular weight excluding hydrogens is 394 g/mol.